The molecule has 4 heteroatoms. The van der Waals surface area contributed by atoms with Crippen molar-refractivity contribution in [3.05, 3.63) is 59.7 Å². The fourth-order valence-corrected chi connectivity index (χ4v) is 7.54. The molecule has 0 saturated heterocycles. The summed E-state index contributed by atoms with van der Waals surface area (Å²) in [6, 6.07) is 16.6. The van der Waals surface area contributed by atoms with Crippen molar-refractivity contribution in [2.24, 2.45) is 0 Å². The number of hydrogen-bond donors (Lipinski definition) is 1. The van der Waals surface area contributed by atoms with Gasteiger partial charge in [0, 0.05) is 5.54 Å². The van der Waals surface area contributed by atoms with Crippen LogP contribution in [-0.2, 0) is 0 Å². The molecule has 2 radical (unpaired) electrons. The fraction of sp³-hybridized carbons (Fsp3) is 0.733. The molecule has 278 valence electrons. The van der Waals surface area contributed by atoms with E-state index in [0.717, 1.165) is 48.7 Å². The van der Waals surface area contributed by atoms with Crippen LogP contribution in [0.15, 0.2) is 48.5 Å². The van der Waals surface area contributed by atoms with Gasteiger partial charge < -0.3 is 14.3 Å². The maximum Gasteiger partial charge on any atom is 0.237 e. The fourth-order valence-electron chi connectivity index (χ4n) is 6.88. The van der Waals surface area contributed by atoms with Gasteiger partial charge in [0.1, 0.15) is 11.5 Å². The van der Waals surface area contributed by atoms with E-state index in [1.807, 2.05) is 12.1 Å². The zero-order valence-corrected chi connectivity index (χ0v) is 33.2. The van der Waals surface area contributed by atoms with Crippen molar-refractivity contribution in [1.82, 2.24) is 0 Å². The lowest BCUT2D eigenvalue weighted by Crippen LogP contribution is -2.10. The normalized spacial score (nSPS) is 11.4. The third kappa shape index (κ3) is 23.3. The van der Waals surface area contributed by atoms with E-state index in [2.05, 4.69) is 50.2 Å². The predicted molar refractivity (Wildman–Crippen MR) is 214 cm³/mol. The molecule has 0 amide bonds. The number of benzene rings is 2. The number of unbranched alkanes of at least 4 members (excludes halogenated alkanes) is 26. The minimum Gasteiger partial charge on any atom is -0.494 e. The van der Waals surface area contributed by atoms with Gasteiger partial charge in [-0.2, -0.15) is 0 Å². The van der Waals surface area contributed by atoms with Gasteiger partial charge >= 0.3 is 0 Å². The van der Waals surface area contributed by atoms with Crippen molar-refractivity contribution < 1.29 is 14.3 Å². The minimum absolute atomic E-state index is 0.0609. The van der Waals surface area contributed by atoms with Gasteiger partial charge in [0.2, 0.25) is 9.76 Å². The van der Waals surface area contributed by atoms with Crippen LogP contribution < -0.4 is 9.47 Å². The lowest BCUT2D eigenvalue weighted by molar-refractivity contribution is 0.303. The van der Waals surface area contributed by atoms with Crippen molar-refractivity contribution in [3.8, 4) is 11.5 Å². The molecule has 2 aromatic rings. The largest absolute Gasteiger partial charge is 0.494 e. The Labute approximate surface area is 306 Å². The van der Waals surface area contributed by atoms with Crippen LogP contribution >= 0.6 is 0 Å². The van der Waals surface area contributed by atoms with Crippen molar-refractivity contribution >= 4 is 9.76 Å². The van der Waals surface area contributed by atoms with E-state index < -0.39 is 0 Å². The first kappa shape index (κ1) is 43.4. The average molecular weight is 693 g/mol. The van der Waals surface area contributed by atoms with Crippen molar-refractivity contribution in [2.75, 3.05) is 13.2 Å². The monoisotopic (exact) mass is 693 g/mol. The van der Waals surface area contributed by atoms with Crippen molar-refractivity contribution in [2.45, 2.75) is 199 Å². The van der Waals surface area contributed by atoms with E-state index >= 15 is 0 Å². The molecule has 0 aromatic heterocycles. The summed E-state index contributed by atoms with van der Waals surface area (Å²) in [5, 5.41) is 0. The second-order valence-electron chi connectivity index (χ2n) is 14.6. The molecule has 0 saturated carbocycles. The van der Waals surface area contributed by atoms with Crippen LogP contribution in [0.2, 0.25) is 0 Å². The Morgan fingerprint density at radius 2 is 0.714 bits per heavy atom. The highest BCUT2D eigenvalue weighted by atomic mass is 28.2. The third-order valence-corrected chi connectivity index (χ3v) is 11.0. The van der Waals surface area contributed by atoms with Gasteiger partial charge in [-0.1, -0.05) is 205 Å². The van der Waals surface area contributed by atoms with Crippen LogP contribution in [-0.4, -0.2) is 27.8 Å². The second-order valence-corrected chi connectivity index (χ2v) is 15.4. The average Bonchev–Trinajstić information content (AvgIpc) is 3.12. The third-order valence-electron chi connectivity index (χ3n) is 10.0. The molecule has 1 N–H and O–H groups in total. The topological polar surface area (TPSA) is 38.7 Å². The Hall–Kier alpha value is -1.78. The van der Waals surface area contributed by atoms with E-state index in [4.69, 9.17) is 9.47 Å². The highest BCUT2D eigenvalue weighted by Gasteiger charge is 2.16. The van der Waals surface area contributed by atoms with Crippen molar-refractivity contribution in [3.63, 3.8) is 0 Å². The van der Waals surface area contributed by atoms with Crippen LogP contribution in [0.3, 0.4) is 0 Å². The first-order valence-corrected chi connectivity index (χ1v) is 22.2. The van der Waals surface area contributed by atoms with E-state index in [0.29, 0.717) is 0 Å². The summed E-state index contributed by atoms with van der Waals surface area (Å²) in [4.78, 5) is 10.4. The highest BCUT2D eigenvalue weighted by molar-refractivity contribution is 6.29. The summed E-state index contributed by atoms with van der Waals surface area (Å²) in [6.07, 6.45) is 38.2. The molecule has 49 heavy (non-hydrogen) atoms. The summed E-state index contributed by atoms with van der Waals surface area (Å²) in [5.74, 6) is 1.81. The summed E-state index contributed by atoms with van der Waals surface area (Å²) >= 11 is 0. The van der Waals surface area contributed by atoms with Gasteiger partial charge in [-0.15, -0.1) is 0 Å². The summed E-state index contributed by atoms with van der Waals surface area (Å²) < 4.78 is 12.3. The highest BCUT2D eigenvalue weighted by Crippen LogP contribution is 2.29. The first-order valence-electron chi connectivity index (χ1n) is 21.1. The van der Waals surface area contributed by atoms with Crippen LogP contribution in [0.5, 0.6) is 11.5 Å². The van der Waals surface area contributed by atoms with E-state index in [1.165, 1.54) is 167 Å². The molecular weight excluding hydrogens is 617 g/mol. The lowest BCUT2D eigenvalue weighted by atomic mass is 10.0. The zero-order chi connectivity index (χ0) is 34.9. The van der Waals surface area contributed by atoms with Crippen LogP contribution in [0.25, 0.3) is 0 Å². The quantitative estimate of drug-likeness (QED) is 0.0577. The Morgan fingerprint density at radius 1 is 0.429 bits per heavy atom. The van der Waals surface area contributed by atoms with Crippen LogP contribution in [0, 0.1) is 0 Å². The molecule has 2 rings (SSSR count). The van der Waals surface area contributed by atoms with Gasteiger partial charge in [0.15, 0.2) is 0 Å². The molecule has 3 nitrogen and oxygen atoms in total. The summed E-state index contributed by atoms with van der Waals surface area (Å²) in [6.45, 7) is 6.10. The lowest BCUT2D eigenvalue weighted by Gasteiger charge is -2.17. The van der Waals surface area contributed by atoms with Crippen LogP contribution in [0.1, 0.15) is 210 Å². The van der Waals surface area contributed by atoms with Gasteiger partial charge in [-0.25, -0.2) is 0 Å². The minimum atomic E-state index is -0.213. The van der Waals surface area contributed by atoms with Crippen molar-refractivity contribution in [1.29, 1.82) is 0 Å². The predicted octanol–water partition coefficient (Wildman–Crippen LogP) is 14.1. The number of hydrogen-bond acceptors (Lipinski definition) is 3. The molecule has 0 unspecified atom stereocenters. The SMILES string of the molecule is CCCCCCCCCCCCCCCCOc1cccc(C([Si]O)c2cccc(OCCCCCCCCCCCCCCCC)c2)c1. The molecule has 0 aliphatic rings. The van der Waals surface area contributed by atoms with E-state index in [-0.39, 0.29) is 15.3 Å². The Morgan fingerprint density at radius 3 is 1.00 bits per heavy atom. The Balaban J connectivity index is 1.55. The van der Waals surface area contributed by atoms with Gasteiger partial charge in [0.25, 0.3) is 0 Å². The first-order chi connectivity index (χ1) is 24.3. The Bertz CT molecular complexity index is 917. The standard InChI is InChI=1S/C45H76O3Si/c1-3-5-7-9-11-13-15-17-19-21-23-25-27-29-37-47-43-35-31-33-41(39-43)45(49-46)42-34-32-36-44(40-42)48-38-30-28-26-24-22-20-18-16-14-12-10-8-6-4-2/h31-36,39-40,45-46H,3-30,37-38H2,1-2H3. The molecule has 0 heterocycles. The molecule has 0 fully saturated rings. The molecule has 0 aliphatic carbocycles. The maximum absolute atomic E-state index is 10.4. The zero-order valence-electron chi connectivity index (χ0n) is 32.2. The van der Waals surface area contributed by atoms with Crippen LogP contribution in [0.4, 0.5) is 0 Å². The molecular formula is C45H76O3Si. The number of ether oxygens (including phenoxy) is 2. The molecule has 0 spiro atoms. The smallest absolute Gasteiger partial charge is 0.237 e. The molecule has 0 atom stereocenters. The summed E-state index contributed by atoms with van der Waals surface area (Å²) in [5.41, 5.74) is 2.14. The molecule has 0 aliphatic heterocycles. The van der Waals surface area contributed by atoms with E-state index in [9.17, 15) is 4.80 Å². The molecule has 2 aromatic carbocycles. The van der Waals surface area contributed by atoms with Gasteiger partial charge in [-0.05, 0) is 48.2 Å². The van der Waals surface area contributed by atoms with E-state index in [1.54, 1.807) is 0 Å². The summed E-state index contributed by atoms with van der Waals surface area (Å²) in [7, 11) is -0.213. The molecule has 0 bridgehead atoms. The van der Waals surface area contributed by atoms with Gasteiger partial charge in [-0.3, -0.25) is 0 Å². The maximum atomic E-state index is 10.4. The van der Waals surface area contributed by atoms with Gasteiger partial charge in [0.05, 0.1) is 13.2 Å². The second kappa shape index (κ2) is 32.1. The number of rotatable bonds is 35. The Kier molecular flexibility index (Phi) is 28.5.